The van der Waals surface area contributed by atoms with Gasteiger partial charge in [-0.2, -0.15) is 0 Å². The lowest BCUT2D eigenvalue weighted by molar-refractivity contribution is 0.0697. The molecule has 1 aromatic rings. The molecule has 0 saturated heterocycles. The van der Waals surface area contributed by atoms with Crippen LogP contribution >= 0.6 is 0 Å². The molecule has 1 aromatic carbocycles. The maximum atomic E-state index is 13.0. The van der Waals surface area contributed by atoms with Gasteiger partial charge in [-0.25, -0.2) is 18.4 Å². The number of anilines is 1. The number of carbonyl (C=O) groups excluding carboxylic acids is 1. The van der Waals surface area contributed by atoms with Gasteiger partial charge in [-0.1, -0.05) is 0 Å². The molecule has 98 valence electrons. The van der Waals surface area contributed by atoms with E-state index in [1.54, 1.807) is 0 Å². The van der Waals surface area contributed by atoms with Crippen LogP contribution in [0, 0.1) is 11.6 Å². The van der Waals surface area contributed by atoms with Gasteiger partial charge in [-0.15, -0.1) is 0 Å². The third-order valence-corrected chi connectivity index (χ3v) is 1.97. The van der Waals surface area contributed by atoms with Crippen molar-refractivity contribution in [3.63, 3.8) is 0 Å². The van der Waals surface area contributed by atoms with E-state index >= 15 is 0 Å². The van der Waals surface area contributed by atoms with Gasteiger partial charge in [-0.05, 0) is 6.07 Å². The second-order valence-electron chi connectivity index (χ2n) is 3.29. The first-order chi connectivity index (χ1) is 8.45. The number of amides is 2. The number of hydrogen-bond donors (Lipinski definition) is 4. The minimum absolute atomic E-state index is 0.165. The van der Waals surface area contributed by atoms with Gasteiger partial charge >= 0.3 is 12.0 Å². The number of nitrogens with two attached hydrogens (primary N) is 1. The molecule has 0 fully saturated rings. The minimum atomic E-state index is -1.48. The van der Waals surface area contributed by atoms with Gasteiger partial charge in [0.2, 0.25) is 0 Å². The molecule has 0 atom stereocenters. The zero-order chi connectivity index (χ0) is 13.7. The number of aromatic carboxylic acids is 1. The molecule has 0 heterocycles. The molecule has 0 saturated carbocycles. The lowest BCUT2D eigenvalue weighted by Crippen LogP contribution is -2.33. The van der Waals surface area contributed by atoms with E-state index in [-0.39, 0.29) is 18.8 Å². The van der Waals surface area contributed by atoms with Gasteiger partial charge in [0.1, 0.15) is 0 Å². The Morgan fingerprint density at radius 2 is 1.89 bits per heavy atom. The van der Waals surface area contributed by atoms with Crippen LogP contribution in [-0.2, 0) is 0 Å². The first-order valence-electron chi connectivity index (χ1n) is 4.93. The van der Waals surface area contributed by atoms with Crippen LogP contribution in [0.1, 0.15) is 10.4 Å². The standard InChI is InChI=1S/C10H11F2N3O3/c11-6-3-5(9(16)17)8(4-7(6)12)15-10(18)14-2-1-13/h3-4H,1-2,13H2,(H,16,17)(H2,14,15,18). The Morgan fingerprint density at radius 3 is 2.44 bits per heavy atom. The summed E-state index contributed by atoms with van der Waals surface area (Å²) in [7, 11) is 0. The zero-order valence-corrected chi connectivity index (χ0v) is 9.17. The van der Waals surface area contributed by atoms with Crippen molar-refractivity contribution in [2.75, 3.05) is 18.4 Å². The molecule has 18 heavy (non-hydrogen) atoms. The van der Waals surface area contributed by atoms with Gasteiger partial charge < -0.3 is 21.5 Å². The number of carboxylic acid groups (broad SMARTS) is 1. The van der Waals surface area contributed by atoms with Crippen molar-refractivity contribution in [1.82, 2.24) is 5.32 Å². The molecule has 8 heteroatoms. The molecule has 0 bridgehead atoms. The fourth-order valence-corrected chi connectivity index (χ4v) is 1.18. The summed E-state index contributed by atoms with van der Waals surface area (Å²) in [6.07, 6.45) is 0. The number of halogens is 2. The number of benzene rings is 1. The number of nitrogens with one attached hydrogen (secondary N) is 2. The highest BCUT2D eigenvalue weighted by molar-refractivity contribution is 6.00. The number of carbonyl (C=O) groups is 2. The van der Waals surface area contributed by atoms with Crippen molar-refractivity contribution < 1.29 is 23.5 Å². The van der Waals surface area contributed by atoms with E-state index in [0.717, 1.165) is 0 Å². The Morgan fingerprint density at radius 1 is 1.28 bits per heavy atom. The average molecular weight is 259 g/mol. The Balaban J connectivity index is 2.96. The second kappa shape index (κ2) is 5.92. The van der Waals surface area contributed by atoms with Crippen LogP contribution in [0.2, 0.25) is 0 Å². The molecule has 0 unspecified atom stereocenters. The van der Waals surface area contributed by atoms with E-state index in [1.165, 1.54) is 0 Å². The molecule has 0 aromatic heterocycles. The van der Waals surface area contributed by atoms with Gasteiger partial charge in [0.25, 0.3) is 0 Å². The van der Waals surface area contributed by atoms with Crippen LogP contribution in [0.15, 0.2) is 12.1 Å². The molecule has 0 aliphatic rings. The smallest absolute Gasteiger partial charge is 0.337 e. The minimum Gasteiger partial charge on any atom is -0.478 e. The fourth-order valence-electron chi connectivity index (χ4n) is 1.18. The van der Waals surface area contributed by atoms with Crippen LogP contribution in [-0.4, -0.2) is 30.2 Å². The lowest BCUT2D eigenvalue weighted by atomic mass is 10.1. The van der Waals surface area contributed by atoms with E-state index in [2.05, 4.69) is 10.6 Å². The van der Waals surface area contributed by atoms with Gasteiger partial charge in [0.05, 0.1) is 11.3 Å². The number of hydrogen-bond acceptors (Lipinski definition) is 3. The van der Waals surface area contributed by atoms with E-state index in [9.17, 15) is 18.4 Å². The molecule has 2 amide bonds. The van der Waals surface area contributed by atoms with E-state index in [0.29, 0.717) is 12.1 Å². The van der Waals surface area contributed by atoms with Crippen molar-refractivity contribution in [2.45, 2.75) is 0 Å². The summed E-state index contributed by atoms with van der Waals surface area (Å²) in [5, 5.41) is 13.2. The maximum absolute atomic E-state index is 13.0. The Bertz CT molecular complexity index is 480. The van der Waals surface area contributed by atoms with Crippen molar-refractivity contribution in [1.29, 1.82) is 0 Å². The predicted octanol–water partition coefficient (Wildman–Crippen LogP) is 0.743. The summed E-state index contributed by atoms with van der Waals surface area (Å²) in [6.45, 7) is 0.356. The van der Waals surface area contributed by atoms with Crippen LogP contribution < -0.4 is 16.4 Å². The van der Waals surface area contributed by atoms with Gasteiger partial charge in [0, 0.05) is 19.2 Å². The third kappa shape index (κ3) is 3.39. The average Bonchev–Trinajstić information content (AvgIpc) is 2.30. The van der Waals surface area contributed by atoms with Crippen molar-refractivity contribution >= 4 is 17.7 Å². The Hall–Kier alpha value is -2.22. The highest BCUT2D eigenvalue weighted by Gasteiger charge is 2.16. The predicted molar refractivity (Wildman–Crippen MR) is 59.4 cm³/mol. The molecule has 5 N–H and O–H groups in total. The summed E-state index contributed by atoms with van der Waals surface area (Å²) in [6, 6.07) is 0.339. The Labute approximate surface area is 101 Å². The quantitative estimate of drug-likeness (QED) is 0.640. The van der Waals surface area contributed by atoms with Crippen molar-refractivity contribution in [2.24, 2.45) is 5.73 Å². The zero-order valence-electron chi connectivity index (χ0n) is 9.17. The van der Waals surface area contributed by atoms with Crippen molar-refractivity contribution in [3.05, 3.63) is 29.3 Å². The van der Waals surface area contributed by atoms with Gasteiger partial charge in [-0.3, -0.25) is 0 Å². The van der Waals surface area contributed by atoms with Gasteiger partial charge in [0.15, 0.2) is 11.6 Å². The van der Waals surface area contributed by atoms with E-state index in [4.69, 9.17) is 10.8 Å². The highest BCUT2D eigenvalue weighted by Crippen LogP contribution is 2.20. The number of urea groups is 1. The first kappa shape index (κ1) is 13.8. The summed E-state index contributed by atoms with van der Waals surface area (Å²) < 4.78 is 25.8. The summed E-state index contributed by atoms with van der Waals surface area (Å²) in [5.41, 5.74) is 4.26. The topological polar surface area (TPSA) is 104 Å². The second-order valence-corrected chi connectivity index (χ2v) is 3.29. The van der Waals surface area contributed by atoms with Crippen LogP contribution in [0.4, 0.5) is 19.3 Å². The largest absolute Gasteiger partial charge is 0.478 e. The number of carboxylic acids is 1. The molecule has 6 nitrogen and oxygen atoms in total. The SMILES string of the molecule is NCCNC(=O)Nc1cc(F)c(F)cc1C(=O)O. The molecule has 0 aliphatic heterocycles. The Kier molecular flexibility index (Phi) is 4.55. The normalized spacial score (nSPS) is 9.94. The third-order valence-electron chi connectivity index (χ3n) is 1.97. The maximum Gasteiger partial charge on any atom is 0.337 e. The van der Waals surface area contributed by atoms with E-state index in [1.807, 2.05) is 0 Å². The van der Waals surface area contributed by atoms with Crippen LogP contribution in [0.3, 0.4) is 0 Å². The van der Waals surface area contributed by atoms with E-state index < -0.39 is 29.2 Å². The molecule has 0 spiro atoms. The fraction of sp³-hybridized carbons (Fsp3) is 0.200. The van der Waals surface area contributed by atoms with Crippen molar-refractivity contribution in [3.8, 4) is 0 Å². The summed E-state index contributed by atoms with van der Waals surface area (Å²) in [4.78, 5) is 22.1. The lowest BCUT2D eigenvalue weighted by Gasteiger charge is -2.09. The van der Waals surface area contributed by atoms with Crippen LogP contribution in [0.5, 0.6) is 0 Å². The molecule has 0 aliphatic carbocycles. The summed E-state index contributed by atoms with van der Waals surface area (Å²) >= 11 is 0. The molecule has 0 radical (unpaired) electrons. The van der Waals surface area contributed by atoms with Crippen LogP contribution in [0.25, 0.3) is 0 Å². The summed E-state index contributed by atoms with van der Waals surface area (Å²) in [5.74, 6) is -4.04. The molecular weight excluding hydrogens is 248 g/mol. The molecule has 1 rings (SSSR count). The molecular formula is C10H11F2N3O3. The number of rotatable bonds is 4. The first-order valence-corrected chi connectivity index (χ1v) is 4.93. The monoisotopic (exact) mass is 259 g/mol. The highest BCUT2D eigenvalue weighted by atomic mass is 19.2.